The normalized spacial score (nSPS) is 10.1. The summed E-state index contributed by atoms with van der Waals surface area (Å²) < 4.78 is 5.22. The molecule has 0 aliphatic rings. The largest absolute Gasteiger partial charge is 0.504 e. The number of phenols is 1. The zero-order valence-corrected chi connectivity index (χ0v) is 11.4. The van der Waals surface area contributed by atoms with Gasteiger partial charge >= 0.3 is 0 Å². The lowest BCUT2D eigenvalue weighted by atomic mass is 10.2. The first-order valence-corrected chi connectivity index (χ1v) is 6.45. The van der Waals surface area contributed by atoms with Crippen molar-refractivity contribution in [2.45, 2.75) is 6.54 Å². The van der Waals surface area contributed by atoms with Gasteiger partial charge in [-0.3, -0.25) is 4.79 Å². The molecule has 0 spiro atoms. The van der Waals surface area contributed by atoms with Crippen molar-refractivity contribution >= 4 is 17.5 Å². The number of rotatable bonds is 5. The van der Waals surface area contributed by atoms with Crippen molar-refractivity contribution in [2.75, 3.05) is 6.61 Å². The predicted octanol–water partition coefficient (Wildman–Crippen LogP) is 2.74. The van der Waals surface area contributed by atoms with Crippen LogP contribution in [0.5, 0.6) is 11.5 Å². The van der Waals surface area contributed by atoms with Crippen LogP contribution in [-0.4, -0.2) is 17.6 Å². The average Bonchev–Trinajstić information content (AvgIpc) is 2.45. The molecule has 0 radical (unpaired) electrons. The second-order valence-corrected chi connectivity index (χ2v) is 4.53. The fraction of sp³-hybridized carbons (Fsp3) is 0.133. The van der Waals surface area contributed by atoms with E-state index < -0.39 is 0 Å². The molecule has 4 nitrogen and oxygen atoms in total. The number of carbonyl (C=O) groups is 1. The summed E-state index contributed by atoms with van der Waals surface area (Å²) in [5, 5.41) is 12.8. The molecular formula is C15H14ClNO3. The van der Waals surface area contributed by atoms with Gasteiger partial charge in [0, 0.05) is 11.6 Å². The number of hydrogen-bond acceptors (Lipinski definition) is 3. The molecule has 0 aliphatic carbocycles. The Balaban J connectivity index is 1.82. The van der Waals surface area contributed by atoms with Gasteiger partial charge in [-0.15, -0.1) is 0 Å². The lowest BCUT2D eigenvalue weighted by Crippen LogP contribution is -2.28. The van der Waals surface area contributed by atoms with Gasteiger partial charge in [0.05, 0.1) is 0 Å². The van der Waals surface area contributed by atoms with Gasteiger partial charge in [-0.1, -0.05) is 41.9 Å². The van der Waals surface area contributed by atoms with Crippen molar-refractivity contribution in [1.82, 2.24) is 5.32 Å². The number of para-hydroxylation sites is 2. The second-order valence-electron chi connectivity index (χ2n) is 4.12. The minimum atomic E-state index is -0.284. The van der Waals surface area contributed by atoms with Crippen molar-refractivity contribution in [3.8, 4) is 11.5 Å². The van der Waals surface area contributed by atoms with Gasteiger partial charge in [0.2, 0.25) is 0 Å². The van der Waals surface area contributed by atoms with Crippen molar-refractivity contribution in [3.05, 3.63) is 59.1 Å². The highest BCUT2D eigenvalue weighted by molar-refractivity contribution is 6.31. The van der Waals surface area contributed by atoms with E-state index in [-0.39, 0.29) is 24.0 Å². The molecule has 0 heterocycles. The molecule has 0 unspecified atom stereocenters. The zero-order valence-electron chi connectivity index (χ0n) is 10.7. The van der Waals surface area contributed by atoms with Gasteiger partial charge in [0.1, 0.15) is 0 Å². The van der Waals surface area contributed by atoms with Gasteiger partial charge in [0.15, 0.2) is 18.1 Å². The first-order chi connectivity index (χ1) is 9.66. The Hall–Kier alpha value is -2.20. The van der Waals surface area contributed by atoms with E-state index in [1.54, 1.807) is 24.3 Å². The number of carbonyl (C=O) groups excluding carboxylic acids is 1. The third-order valence-electron chi connectivity index (χ3n) is 2.66. The summed E-state index contributed by atoms with van der Waals surface area (Å²) in [6, 6.07) is 13.8. The van der Waals surface area contributed by atoms with Crippen molar-refractivity contribution in [3.63, 3.8) is 0 Å². The second kappa shape index (κ2) is 6.82. The van der Waals surface area contributed by atoms with Gasteiger partial charge in [-0.25, -0.2) is 0 Å². The molecule has 2 rings (SSSR count). The van der Waals surface area contributed by atoms with E-state index in [4.69, 9.17) is 16.3 Å². The molecule has 104 valence electrons. The molecule has 2 N–H and O–H groups in total. The molecule has 1 amide bonds. The summed E-state index contributed by atoms with van der Waals surface area (Å²) in [4.78, 5) is 11.7. The Labute approximate surface area is 122 Å². The van der Waals surface area contributed by atoms with Crippen LogP contribution in [0.25, 0.3) is 0 Å². The molecule has 0 aromatic heterocycles. The lowest BCUT2D eigenvalue weighted by molar-refractivity contribution is -0.123. The lowest BCUT2D eigenvalue weighted by Gasteiger charge is -2.09. The Morgan fingerprint density at radius 3 is 2.60 bits per heavy atom. The first-order valence-electron chi connectivity index (χ1n) is 6.07. The first kappa shape index (κ1) is 14.2. The molecule has 2 aromatic rings. The highest BCUT2D eigenvalue weighted by Gasteiger charge is 2.06. The Morgan fingerprint density at radius 1 is 1.15 bits per heavy atom. The summed E-state index contributed by atoms with van der Waals surface area (Å²) >= 11 is 5.99. The Kier molecular flexibility index (Phi) is 4.85. The third kappa shape index (κ3) is 3.90. The van der Waals surface area contributed by atoms with E-state index >= 15 is 0 Å². The summed E-state index contributed by atoms with van der Waals surface area (Å²) in [5.41, 5.74) is 0.838. The zero-order chi connectivity index (χ0) is 14.4. The Bertz CT molecular complexity index is 550. The highest BCUT2D eigenvalue weighted by atomic mass is 35.5. The van der Waals surface area contributed by atoms with Crippen LogP contribution in [0.15, 0.2) is 48.5 Å². The van der Waals surface area contributed by atoms with Crippen LogP contribution in [0, 0.1) is 0 Å². The monoisotopic (exact) mass is 291 g/mol. The van der Waals surface area contributed by atoms with Gasteiger partial charge in [0.25, 0.3) is 5.91 Å². The minimum Gasteiger partial charge on any atom is -0.504 e. The van der Waals surface area contributed by atoms with Crippen LogP contribution < -0.4 is 10.1 Å². The number of nitrogens with one attached hydrogen (secondary N) is 1. The molecular weight excluding hydrogens is 278 g/mol. The fourth-order valence-electron chi connectivity index (χ4n) is 1.61. The Morgan fingerprint density at radius 2 is 1.85 bits per heavy atom. The number of halogens is 1. The number of aromatic hydroxyl groups is 1. The van der Waals surface area contributed by atoms with Crippen LogP contribution in [0.2, 0.25) is 5.02 Å². The van der Waals surface area contributed by atoms with Crippen molar-refractivity contribution in [1.29, 1.82) is 0 Å². The van der Waals surface area contributed by atoms with E-state index in [0.29, 0.717) is 11.6 Å². The van der Waals surface area contributed by atoms with Crippen LogP contribution in [0.1, 0.15) is 5.56 Å². The van der Waals surface area contributed by atoms with E-state index in [9.17, 15) is 9.90 Å². The van der Waals surface area contributed by atoms with Gasteiger partial charge in [-0.05, 0) is 23.8 Å². The molecule has 0 bridgehead atoms. The van der Waals surface area contributed by atoms with Crippen LogP contribution in [0.4, 0.5) is 0 Å². The molecule has 0 aliphatic heterocycles. The maximum atomic E-state index is 11.7. The number of benzene rings is 2. The predicted molar refractivity (Wildman–Crippen MR) is 76.9 cm³/mol. The van der Waals surface area contributed by atoms with E-state index in [1.807, 2.05) is 18.2 Å². The van der Waals surface area contributed by atoms with Gasteiger partial charge in [-0.2, -0.15) is 0 Å². The third-order valence-corrected chi connectivity index (χ3v) is 3.03. The summed E-state index contributed by atoms with van der Waals surface area (Å²) in [6.45, 7) is 0.171. The smallest absolute Gasteiger partial charge is 0.258 e. The molecule has 0 fully saturated rings. The number of phenolic OH excluding ortho intramolecular Hbond substituents is 1. The fourth-order valence-corrected chi connectivity index (χ4v) is 1.81. The van der Waals surface area contributed by atoms with Gasteiger partial charge < -0.3 is 15.2 Å². The van der Waals surface area contributed by atoms with Crippen molar-refractivity contribution < 1.29 is 14.6 Å². The number of amides is 1. The van der Waals surface area contributed by atoms with E-state index in [2.05, 4.69) is 5.32 Å². The maximum absolute atomic E-state index is 11.7. The molecule has 0 atom stereocenters. The van der Waals surface area contributed by atoms with E-state index in [1.165, 1.54) is 6.07 Å². The molecule has 5 heteroatoms. The maximum Gasteiger partial charge on any atom is 0.258 e. The van der Waals surface area contributed by atoms with Crippen LogP contribution in [0.3, 0.4) is 0 Å². The SMILES string of the molecule is O=C(COc1ccccc1O)NCc1ccccc1Cl. The topological polar surface area (TPSA) is 58.6 Å². The van der Waals surface area contributed by atoms with Crippen LogP contribution in [-0.2, 0) is 11.3 Å². The summed E-state index contributed by atoms with van der Waals surface area (Å²) in [6.07, 6.45) is 0. The van der Waals surface area contributed by atoms with Crippen molar-refractivity contribution in [2.24, 2.45) is 0 Å². The molecule has 0 saturated heterocycles. The van der Waals surface area contributed by atoms with E-state index in [0.717, 1.165) is 5.56 Å². The highest BCUT2D eigenvalue weighted by Crippen LogP contribution is 2.24. The minimum absolute atomic E-state index is 0.00593. The quantitative estimate of drug-likeness (QED) is 0.890. The molecule has 0 saturated carbocycles. The standard InChI is InChI=1S/C15H14ClNO3/c16-12-6-2-1-5-11(12)9-17-15(19)10-20-14-8-4-3-7-13(14)18/h1-8,18H,9-10H2,(H,17,19). The summed E-state index contributed by atoms with van der Waals surface area (Å²) in [5.74, 6) is -0.0000277. The number of ether oxygens (including phenoxy) is 1. The molecule has 2 aromatic carbocycles. The van der Waals surface area contributed by atoms with Crippen LogP contribution >= 0.6 is 11.6 Å². The number of hydrogen-bond donors (Lipinski definition) is 2. The summed E-state index contributed by atoms with van der Waals surface area (Å²) in [7, 11) is 0. The average molecular weight is 292 g/mol. The molecule has 20 heavy (non-hydrogen) atoms.